The normalized spacial score (nSPS) is 13.2. The van der Waals surface area contributed by atoms with Gasteiger partial charge in [0.15, 0.2) is 6.79 Å². The third-order valence-corrected chi connectivity index (χ3v) is 4.06. The van der Waals surface area contributed by atoms with Crippen molar-refractivity contribution in [3.63, 3.8) is 0 Å². The number of ether oxygens (including phenoxy) is 3. The first-order valence-electron chi connectivity index (χ1n) is 7.89. The molecule has 25 heavy (non-hydrogen) atoms. The van der Waals surface area contributed by atoms with Gasteiger partial charge in [-0.1, -0.05) is 18.2 Å². The fourth-order valence-corrected chi connectivity index (χ4v) is 2.97. The summed E-state index contributed by atoms with van der Waals surface area (Å²) in [6, 6.07) is 10.9. The molecule has 0 aliphatic carbocycles. The minimum Gasteiger partial charge on any atom is -0.496 e. The van der Waals surface area contributed by atoms with Crippen molar-refractivity contribution in [3.8, 4) is 11.5 Å². The monoisotopic (exact) mass is 344 g/mol. The van der Waals surface area contributed by atoms with E-state index in [1.807, 2.05) is 31.3 Å². The van der Waals surface area contributed by atoms with Gasteiger partial charge in [-0.25, -0.2) is 0 Å². The number of para-hydroxylation sites is 1. The van der Waals surface area contributed by atoms with Crippen LogP contribution in [0.1, 0.15) is 16.7 Å². The van der Waals surface area contributed by atoms with Gasteiger partial charge < -0.3 is 14.2 Å². The van der Waals surface area contributed by atoms with Gasteiger partial charge in [-0.3, -0.25) is 15.0 Å². The van der Waals surface area contributed by atoms with E-state index in [0.29, 0.717) is 31.0 Å². The summed E-state index contributed by atoms with van der Waals surface area (Å²) < 4.78 is 16.2. The average Bonchev–Trinajstić information content (AvgIpc) is 2.62. The van der Waals surface area contributed by atoms with Crippen LogP contribution in [0.15, 0.2) is 36.4 Å². The zero-order chi connectivity index (χ0) is 17.8. The molecule has 3 rings (SSSR count). The predicted molar refractivity (Wildman–Crippen MR) is 91.5 cm³/mol. The van der Waals surface area contributed by atoms with Crippen LogP contribution in [0, 0.1) is 10.1 Å². The van der Waals surface area contributed by atoms with E-state index in [9.17, 15) is 10.1 Å². The molecule has 1 heterocycles. The molecule has 0 N–H and O–H groups in total. The van der Waals surface area contributed by atoms with Gasteiger partial charge in [0.05, 0.1) is 18.6 Å². The lowest BCUT2D eigenvalue weighted by Gasteiger charge is -2.24. The second-order valence-electron chi connectivity index (χ2n) is 5.95. The lowest BCUT2D eigenvalue weighted by atomic mass is 10.1. The molecule has 1 aliphatic heterocycles. The molecule has 2 aromatic rings. The summed E-state index contributed by atoms with van der Waals surface area (Å²) >= 11 is 0. The molecule has 7 nitrogen and oxygen atoms in total. The summed E-state index contributed by atoms with van der Waals surface area (Å²) in [5.74, 6) is 1.50. The number of rotatable bonds is 6. The lowest BCUT2D eigenvalue weighted by Crippen LogP contribution is -2.20. The van der Waals surface area contributed by atoms with Crippen molar-refractivity contribution in [1.29, 1.82) is 0 Å². The van der Waals surface area contributed by atoms with Crippen LogP contribution in [0.5, 0.6) is 11.5 Å². The number of methoxy groups -OCH3 is 1. The average molecular weight is 344 g/mol. The number of hydrogen-bond acceptors (Lipinski definition) is 6. The fourth-order valence-electron chi connectivity index (χ4n) is 2.97. The topological polar surface area (TPSA) is 74.1 Å². The Morgan fingerprint density at radius 3 is 2.76 bits per heavy atom. The first-order chi connectivity index (χ1) is 12.1. The summed E-state index contributed by atoms with van der Waals surface area (Å²) in [4.78, 5) is 12.9. The van der Waals surface area contributed by atoms with Crippen molar-refractivity contribution in [2.75, 3.05) is 21.0 Å². The Kier molecular flexibility index (Phi) is 5.16. The molecule has 0 aromatic heterocycles. The van der Waals surface area contributed by atoms with Gasteiger partial charge in [0, 0.05) is 41.9 Å². The van der Waals surface area contributed by atoms with Crippen LogP contribution in [0.2, 0.25) is 0 Å². The minimum atomic E-state index is -0.390. The molecule has 132 valence electrons. The van der Waals surface area contributed by atoms with Gasteiger partial charge in [-0.2, -0.15) is 0 Å². The van der Waals surface area contributed by atoms with Crippen LogP contribution in [0.3, 0.4) is 0 Å². The third kappa shape index (κ3) is 3.89. The molecular weight excluding hydrogens is 324 g/mol. The second-order valence-corrected chi connectivity index (χ2v) is 5.95. The number of nitro groups is 1. The molecule has 0 bridgehead atoms. The van der Waals surface area contributed by atoms with E-state index in [1.54, 1.807) is 13.2 Å². The standard InChI is InChI=1S/C18H20N2O5/c1-19(9-13-5-3-4-6-17(13)23-2)10-14-7-16(20(21)22)8-15-11-24-12-25-18(14)15/h3-8H,9-12H2,1-2H3. The molecule has 0 radical (unpaired) electrons. The minimum absolute atomic E-state index is 0.0496. The molecule has 2 aromatic carbocycles. The SMILES string of the molecule is COc1ccccc1CN(C)Cc1cc([N+](=O)[O-])cc2c1OCOC2. The van der Waals surface area contributed by atoms with Crippen molar-refractivity contribution in [2.45, 2.75) is 19.7 Å². The molecule has 0 spiro atoms. The van der Waals surface area contributed by atoms with E-state index in [1.165, 1.54) is 6.07 Å². The zero-order valence-electron chi connectivity index (χ0n) is 14.2. The van der Waals surface area contributed by atoms with E-state index >= 15 is 0 Å². The van der Waals surface area contributed by atoms with Gasteiger partial charge in [0.2, 0.25) is 0 Å². The van der Waals surface area contributed by atoms with Gasteiger partial charge >= 0.3 is 0 Å². The fraction of sp³-hybridized carbons (Fsp3) is 0.333. The Hall–Kier alpha value is -2.64. The van der Waals surface area contributed by atoms with Crippen molar-refractivity contribution in [1.82, 2.24) is 4.90 Å². The summed E-state index contributed by atoms with van der Waals surface area (Å²) in [6.07, 6.45) is 0. The number of fused-ring (bicyclic) bond motifs is 1. The summed E-state index contributed by atoms with van der Waals surface area (Å²) in [5, 5.41) is 11.2. The van der Waals surface area contributed by atoms with Gasteiger partial charge in [-0.15, -0.1) is 0 Å². The van der Waals surface area contributed by atoms with Gasteiger partial charge in [-0.05, 0) is 13.1 Å². The predicted octanol–water partition coefficient (Wildman–Crippen LogP) is 3.10. The number of hydrogen-bond donors (Lipinski definition) is 0. The quantitative estimate of drug-likeness (QED) is 0.592. The molecule has 0 atom stereocenters. The van der Waals surface area contributed by atoms with Crippen LogP contribution in [0.25, 0.3) is 0 Å². The first-order valence-corrected chi connectivity index (χ1v) is 7.89. The lowest BCUT2D eigenvalue weighted by molar-refractivity contribution is -0.385. The van der Waals surface area contributed by atoms with E-state index in [2.05, 4.69) is 4.90 Å². The highest BCUT2D eigenvalue weighted by Gasteiger charge is 2.21. The summed E-state index contributed by atoms with van der Waals surface area (Å²) in [5.41, 5.74) is 2.59. The maximum atomic E-state index is 11.2. The van der Waals surface area contributed by atoms with Crippen LogP contribution < -0.4 is 9.47 Å². The molecule has 0 amide bonds. The Balaban J connectivity index is 1.84. The maximum absolute atomic E-state index is 11.2. The van der Waals surface area contributed by atoms with Crippen LogP contribution in [-0.4, -0.2) is 30.8 Å². The Morgan fingerprint density at radius 1 is 1.24 bits per heavy atom. The zero-order valence-corrected chi connectivity index (χ0v) is 14.2. The van der Waals surface area contributed by atoms with E-state index in [4.69, 9.17) is 14.2 Å². The highest BCUT2D eigenvalue weighted by molar-refractivity contribution is 5.50. The molecule has 0 saturated heterocycles. The second kappa shape index (κ2) is 7.50. The Morgan fingerprint density at radius 2 is 2.00 bits per heavy atom. The number of nitro benzene ring substituents is 1. The molecular formula is C18H20N2O5. The first kappa shape index (κ1) is 17.2. The third-order valence-electron chi connectivity index (χ3n) is 4.06. The van der Waals surface area contributed by atoms with E-state index in [0.717, 1.165) is 16.9 Å². The Bertz CT molecular complexity index is 778. The Labute approximate surface area is 145 Å². The summed E-state index contributed by atoms with van der Waals surface area (Å²) in [7, 11) is 3.60. The molecule has 1 aliphatic rings. The van der Waals surface area contributed by atoms with E-state index < -0.39 is 4.92 Å². The highest BCUT2D eigenvalue weighted by Crippen LogP contribution is 2.33. The number of non-ortho nitro benzene ring substituents is 1. The maximum Gasteiger partial charge on any atom is 0.270 e. The molecule has 0 unspecified atom stereocenters. The van der Waals surface area contributed by atoms with Gasteiger partial charge in [0.1, 0.15) is 11.5 Å². The van der Waals surface area contributed by atoms with Gasteiger partial charge in [0.25, 0.3) is 5.69 Å². The van der Waals surface area contributed by atoms with Crippen molar-refractivity contribution < 1.29 is 19.1 Å². The largest absolute Gasteiger partial charge is 0.496 e. The number of nitrogens with zero attached hydrogens (tertiary/aromatic N) is 2. The van der Waals surface area contributed by atoms with Crippen LogP contribution in [-0.2, 0) is 24.4 Å². The van der Waals surface area contributed by atoms with Crippen molar-refractivity contribution in [2.24, 2.45) is 0 Å². The molecule has 7 heteroatoms. The van der Waals surface area contributed by atoms with Crippen molar-refractivity contribution in [3.05, 3.63) is 63.2 Å². The van der Waals surface area contributed by atoms with Crippen molar-refractivity contribution >= 4 is 5.69 Å². The van der Waals surface area contributed by atoms with Crippen LogP contribution in [0.4, 0.5) is 5.69 Å². The molecule has 0 fully saturated rings. The molecule has 0 saturated carbocycles. The smallest absolute Gasteiger partial charge is 0.270 e. The summed E-state index contributed by atoms with van der Waals surface area (Å²) in [6.45, 7) is 1.65. The highest BCUT2D eigenvalue weighted by atomic mass is 16.7. The van der Waals surface area contributed by atoms with E-state index in [-0.39, 0.29) is 12.5 Å². The van der Waals surface area contributed by atoms with Crippen LogP contribution >= 0.6 is 0 Å². The number of benzene rings is 2.